The molecule has 21 heavy (non-hydrogen) atoms. The Bertz CT molecular complexity index is 644. The highest BCUT2D eigenvalue weighted by atomic mass is 32.2. The van der Waals surface area contributed by atoms with Crippen LogP contribution in [0.2, 0.25) is 0 Å². The number of nitrogens with two attached hydrogens (primary N) is 1. The van der Waals surface area contributed by atoms with Crippen LogP contribution in [0.3, 0.4) is 0 Å². The van der Waals surface area contributed by atoms with Crippen LogP contribution in [0, 0.1) is 12.8 Å². The first-order chi connectivity index (χ1) is 9.81. The molecule has 1 aliphatic rings. The highest BCUT2D eigenvalue weighted by molar-refractivity contribution is 7.89. The molecule has 1 saturated heterocycles. The molecule has 1 aromatic rings. The summed E-state index contributed by atoms with van der Waals surface area (Å²) in [5, 5.41) is 0. The Morgan fingerprint density at radius 3 is 2.76 bits per heavy atom. The van der Waals surface area contributed by atoms with Gasteiger partial charge in [-0.05, 0) is 38.0 Å². The number of rotatable bonds is 5. The molecule has 1 aliphatic heterocycles. The molecule has 0 bridgehead atoms. The lowest BCUT2D eigenvalue weighted by atomic mass is 10.0. The van der Waals surface area contributed by atoms with Gasteiger partial charge in [0.2, 0.25) is 10.0 Å². The van der Waals surface area contributed by atoms with Crippen LogP contribution in [-0.2, 0) is 14.8 Å². The number of nitrogens with one attached hydrogen (secondary N) is 1. The maximum Gasteiger partial charge on any atom is 0.240 e. The number of sulfonamides is 1. The number of ether oxygens (including phenoxy) is 1. The average molecular weight is 328 g/mol. The normalized spacial score (nSPS) is 22.4. The zero-order valence-electron chi connectivity index (χ0n) is 12.1. The van der Waals surface area contributed by atoms with E-state index in [-0.39, 0.29) is 21.9 Å². The minimum absolute atomic E-state index is 0.0893. The molecule has 0 spiro atoms. The van der Waals surface area contributed by atoms with E-state index in [4.69, 9.17) is 22.7 Å². The van der Waals surface area contributed by atoms with Crippen LogP contribution in [-0.4, -0.2) is 32.7 Å². The fourth-order valence-electron chi connectivity index (χ4n) is 2.42. The van der Waals surface area contributed by atoms with Crippen molar-refractivity contribution in [2.45, 2.75) is 31.3 Å². The molecule has 116 valence electrons. The van der Waals surface area contributed by atoms with E-state index in [1.807, 2.05) is 6.92 Å². The van der Waals surface area contributed by atoms with E-state index in [1.165, 1.54) is 6.07 Å². The minimum Gasteiger partial charge on any atom is -0.389 e. The smallest absolute Gasteiger partial charge is 0.240 e. The van der Waals surface area contributed by atoms with Crippen LogP contribution in [0.4, 0.5) is 0 Å². The molecule has 3 N–H and O–H groups in total. The van der Waals surface area contributed by atoms with Crippen LogP contribution >= 0.6 is 12.2 Å². The Morgan fingerprint density at radius 2 is 2.24 bits per heavy atom. The summed E-state index contributed by atoms with van der Waals surface area (Å²) in [6.07, 6.45) is 0.967. The fraction of sp³-hybridized carbons (Fsp3) is 0.500. The summed E-state index contributed by atoms with van der Waals surface area (Å²) in [6, 6.07) is 4.76. The maximum atomic E-state index is 12.3. The third-order valence-electron chi connectivity index (χ3n) is 3.84. The predicted octanol–water partition coefficient (Wildman–Crippen LogP) is 1.33. The zero-order valence-corrected chi connectivity index (χ0v) is 13.8. The lowest BCUT2D eigenvalue weighted by Gasteiger charge is -2.15. The summed E-state index contributed by atoms with van der Waals surface area (Å²) >= 11 is 4.92. The molecule has 0 saturated carbocycles. The van der Waals surface area contributed by atoms with E-state index in [1.54, 1.807) is 19.1 Å². The standard InChI is InChI=1S/C14H20N2O3S2/c1-9-7-12(3-4-13(9)14(15)20)21(17,18)16-8-11-5-6-19-10(11)2/h3-4,7,10-11,16H,5-6,8H2,1-2H3,(H2,15,20). The summed E-state index contributed by atoms with van der Waals surface area (Å²) in [6.45, 7) is 4.84. The third kappa shape index (κ3) is 3.79. The predicted molar refractivity (Wildman–Crippen MR) is 85.8 cm³/mol. The van der Waals surface area contributed by atoms with E-state index in [0.717, 1.165) is 12.0 Å². The second-order valence-corrected chi connectivity index (χ2v) is 7.52. The van der Waals surface area contributed by atoms with E-state index in [9.17, 15) is 8.42 Å². The number of hydrogen-bond donors (Lipinski definition) is 2. The van der Waals surface area contributed by atoms with Gasteiger partial charge in [-0.1, -0.05) is 18.3 Å². The van der Waals surface area contributed by atoms with Crippen LogP contribution in [0.1, 0.15) is 24.5 Å². The number of aryl methyl sites for hydroxylation is 1. The zero-order chi connectivity index (χ0) is 15.6. The Morgan fingerprint density at radius 1 is 1.52 bits per heavy atom. The lowest BCUT2D eigenvalue weighted by molar-refractivity contribution is 0.107. The van der Waals surface area contributed by atoms with Crippen molar-refractivity contribution in [2.24, 2.45) is 11.7 Å². The molecule has 7 heteroatoms. The Balaban J connectivity index is 2.12. The number of benzene rings is 1. The van der Waals surface area contributed by atoms with Gasteiger partial charge in [0.15, 0.2) is 0 Å². The van der Waals surface area contributed by atoms with Gasteiger partial charge >= 0.3 is 0 Å². The molecule has 1 heterocycles. The molecule has 2 atom stereocenters. The van der Waals surface area contributed by atoms with Crippen LogP contribution < -0.4 is 10.5 Å². The monoisotopic (exact) mass is 328 g/mol. The summed E-state index contributed by atoms with van der Waals surface area (Å²) in [5.41, 5.74) is 7.03. The summed E-state index contributed by atoms with van der Waals surface area (Å²) in [5.74, 6) is 0.219. The van der Waals surface area contributed by atoms with Gasteiger partial charge in [0.05, 0.1) is 11.0 Å². The maximum absolute atomic E-state index is 12.3. The minimum atomic E-state index is -3.53. The van der Waals surface area contributed by atoms with Gasteiger partial charge in [0, 0.05) is 24.6 Å². The molecule has 1 fully saturated rings. The first kappa shape index (κ1) is 16.4. The van der Waals surface area contributed by atoms with Gasteiger partial charge in [-0.15, -0.1) is 0 Å². The first-order valence-electron chi connectivity index (χ1n) is 6.83. The molecule has 1 aromatic carbocycles. The van der Waals surface area contributed by atoms with Crippen molar-refractivity contribution in [1.82, 2.24) is 4.72 Å². The van der Waals surface area contributed by atoms with Gasteiger partial charge < -0.3 is 10.5 Å². The topological polar surface area (TPSA) is 81.4 Å². The van der Waals surface area contributed by atoms with Gasteiger partial charge in [0.25, 0.3) is 0 Å². The Kier molecular flexibility index (Phi) is 4.98. The second-order valence-electron chi connectivity index (χ2n) is 5.32. The molecular weight excluding hydrogens is 308 g/mol. The van der Waals surface area contributed by atoms with Gasteiger partial charge in [-0.25, -0.2) is 13.1 Å². The highest BCUT2D eigenvalue weighted by Crippen LogP contribution is 2.21. The van der Waals surface area contributed by atoms with Gasteiger partial charge in [-0.3, -0.25) is 0 Å². The second kappa shape index (κ2) is 6.39. The molecule has 0 amide bonds. The summed E-state index contributed by atoms with van der Waals surface area (Å²) < 4.78 is 32.7. The van der Waals surface area contributed by atoms with E-state index >= 15 is 0 Å². The third-order valence-corrected chi connectivity index (χ3v) is 5.48. The summed E-state index contributed by atoms with van der Waals surface area (Å²) in [7, 11) is -3.53. The quantitative estimate of drug-likeness (QED) is 0.797. The largest absolute Gasteiger partial charge is 0.389 e. The van der Waals surface area contributed by atoms with Crippen LogP contribution in [0.15, 0.2) is 23.1 Å². The molecule has 0 aromatic heterocycles. The van der Waals surface area contributed by atoms with Crippen molar-refractivity contribution < 1.29 is 13.2 Å². The van der Waals surface area contributed by atoms with E-state index < -0.39 is 10.0 Å². The van der Waals surface area contributed by atoms with Gasteiger partial charge in [0.1, 0.15) is 4.99 Å². The van der Waals surface area contributed by atoms with Crippen molar-refractivity contribution >= 4 is 27.2 Å². The van der Waals surface area contributed by atoms with Crippen LogP contribution in [0.25, 0.3) is 0 Å². The van der Waals surface area contributed by atoms with E-state index in [0.29, 0.717) is 18.7 Å². The Labute approximate surface area is 130 Å². The molecule has 2 unspecified atom stereocenters. The van der Waals surface area contributed by atoms with Crippen molar-refractivity contribution in [3.8, 4) is 0 Å². The average Bonchev–Trinajstić information content (AvgIpc) is 2.81. The molecule has 0 aliphatic carbocycles. The van der Waals surface area contributed by atoms with Crippen molar-refractivity contribution in [3.05, 3.63) is 29.3 Å². The molecule has 0 radical (unpaired) electrons. The highest BCUT2D eigenvalue weighted by Gasteiger charge is 2.26. The summed E-state index contributed by atoms with van der Waals surface area (Å²) in [4.78, 5) is 0.493. The van der Waals surface area contributed by atoms with E-state index in [2.05, 4.69) is 4.72 Å². The first-order valence-corrected chi connectivity index (χ1v) is 8.72. The molecule has 2 rings (SSSR count). The number of thiocarbonyl (C=S) groups is 1. The lowest BCUT2D eigenvalue weighted by Crippen LogP contribution is -2.32. The number of hydrogen-bond acceptors (Lipinski definition) is 4. The van der Waals surface area contributed by atoms with Crippen molar-refractivity contribution in [2.75, 3.05) is 13.2 Å². The SMILES string of the molecule is Cc1cc(S(=O)(=O)NCC2CCOC2C)ccc1C(N)=S. The van der Waals surface area contributed by atoms with Crippen molar-refractivity contribution in [3.63, 3.8) is 0 Å². The molecular formula is C14H20N2O3S2. The van der Waals surface area contributed by atoms with Gasteiger partial charge in [-0.2, -0.15) is 0 Å². The molecule has 5 nitrogen and oxygen atoms in total. The Hall–Kier alpha value is -1.02. The van der Waals surface area contributed by atoms with Crippen LogP contribution in [0.5, 0.6) is 0 Å². The van der Waals surface area contributed by atoms with Crippen molar-refractivity contribution in [1.29, 1.82) is 0 Å². The fourth-order valence-corrected chi connectivity index (χ4v) is 3.83.